The van der Waals surface area contributed by atoms with E-state index in [0.717, 1.165) is 16.8 Å². The molecule has 14 heavy (non-hydrogen) atoms. The van der Waals surface area contributed by atoms with Crippen LogP contribution in [0.4, 0.5) is 0 Å². The molecule has 0 amide bonds. The summed E-state index contributed by atoms with van der Waals surface area (Å²) in [5.41, 5.74) is 3.24. The molecule has 0 N–H and O–H groups in total. The van der Waals surface area contributed by atoms with Crippen molar-refractivity contribution in [2.45, 2.75) is 13.8 Å². The third kappa shape index (κ3) is 1.91. The van der Waals surface area contributed by atoms with Gasteiger partial charge < -0.3 is 4.84 Å². The second-order valence-corrected chi connectivity index (χ2v) is 2.97. The maximum Gasteiger partial charge on any atom is 0.106 e. The van der Waals surface area contributed by atoms with E-state index in [9.17, 15) is 0 Å². The van der Waals surface area contributed by atoms with Gasteiger partial charge in [0.2, 0.25) is 0 Å². The lowest BCUT2D eigenvalue weighted by Crippen LogP contribution is -2.02. The summed E-state index contributed by atoms with van der Waals surface area (Å²) in [7, 11) is 1.49. The van der Waals surface area contributed by atoms with Crippen LogP contribution < -0.4 is 0 Å². The predicted octanol–water partition coefficient (Wildman–Crippen LogP) is 2.24. The van der Waals surface area contributed by atoms with Crippen molar-refractivity contribution in [3.8, 4) is 6.07 Å². The first-order valence-corrected chi connectivity index (χ1v) is 4.28. The molecule has 72 valence electrons. The fourth-order valence-electron chi connectivity index (χ4n) is 1.42. The van der Waals surface area contributed by atoms with Crippen molar-refractivity contribution in [3.05, 3.63) is 34.9 Å². The van der Waals surface area contributed by atoms with Crippen molar-refractivity contribution >= 4 is 5.71 Å². The Bertz CT molecular complexity index is 402. The summed E-state index contributed by atoms with van der Waals surface area (Å²) in [6, 6.07) is 7.72. The largest absolute Gasteiger partial charge is 0.399 e. The number of nitriles is 1. The van der Waals surface area contributed by atoms with Gasteiger partial charge in [0.05, 0.1) is 17.3 Å². The first-order chi connectivity index (χ1) is 6.70. The summed E-state index contributed by atoms with van der Waals surface area (Å²) < 4.78 is 0. The molecule has 0 radical (unpaired) electrons. The Kier molecular flexibility index (Phi) is 3.24. The second-order valence-electron chi connectivity index (χ2n) is 2.97. The van der Waals surface area contributed by atoms with Gasteiger partial charge in [0, 0.05) is 5.56 Å². The first kappa shape index (κ1) is 10.3. The second kappa shape index (κ2) is 4.43. The number of hydrogen-bond acceptors (Lipinski definition) is 3. The van der Waals surface area contributed by atoms with Crippen LogP contribution >= 0.6 is 0 Å². The Morgan fingerprint density at radius 1 is 1.50 bits per heavy atom. The molecule has 3 heteroatoms. The van der Waals surface area contributed by atoms with E-state index >= 15 is 0 Å². The molecule has 0 bridgehead atoms. The van der Waals surface area contributed by atoms with Crippen LogP contribution in [0.15, 0.2) is 23.4 Å². The van der Waals surface area contributed by atoms with Gasteiger partial charge in [-0.3, -0.25) is 0 Å². The van der Waals surface area contributed by atoms with E-state index in [-0.39, 0.29) is 0 Å². The standard InChI is InChI=1S/C11H12N2O/c1-8-5-4-6-10(7-12)11(8)9(2)13-14-3/h4-6H,1-3H3/b13-9+. The third-order valence-electron chi connectivity index (χ3n) is 1.98. The fourth-order valence-corrected chi connectivity index (χ4v) is 1.42. The molecule has 0 unspecified atom stereocenters. The van der Waals surface area contributed by atoms with Gasteiger partial charge in [-0.05, 0) is 25.5 Å². The molecule has 1 aromatic carbocycles. The van der Waals surface area contributed by atoms with Crippen molar-refractivity contribution in [1.29, 1.82) is 5.26 Å². The first-order valence-electron chi connectivity index (χ1n) is 4.28. The summed E-state index contributed by atoms with van der Waals surface area (Å²) in [5.74, 6) is 0. The van der Waals surface area contributed by atoms with E-state index in [1.54, 1.807) is 6.07 Å². The highest BCUT2D eigenvalue weighted by molar-refractivity contribution is 6.01. The molecule has 0 atom stereocenters. The number of benzene rings is 1. The molecule has 3 nitrogen and oxygen atoms in total. The van der Waals surface area contributed by atoms with Gasteiger partial charge in [-0.2, -0.15) is 5.26 Å². The van der Waals surface area contributed by atoms with Crippen molar-refractivity contribution in [3.63, 3.8) is 0 Å². The van der Waals surface area contributed by atoms with Gasteiger partial charge in [-0.25, -0.2) is 0 Å². The van der Waals surface area contributed by atoms with E-state index in [1.165, 1.54) is 7.11 Å². The maximum atomic E-state index is 8.91. The van der Waals surface area contributed by atoms with Crippen molar-refractivity contribution in [1.82, 2.24) is 0 Å². The number of nitrogens with zero attached hydrogens (tertiary/aromatic N) is 2. The minimum absolute atomic E-state index is 0.628. The van der Waals surface area contributed by atoms with Gasteiger partial charge in [0.1, 0.15) is 7.11 Å². The van der Waals surface area contributed by atoms with E-state index in [0.29, 0.717) is 5.56 Å². The number of aryl methyl sites for hydroxylation is 1. The molecule has 1 rings (SSSR count). The van der Waals surface area contributed by atoms with Crippen LogP contribution in [0.3, 0.4) is 0 Å². The predicted molar refractivity (Wildman–Crippen MR) is 55.1 cm³/mol. The van der Waals surface area contributed by atoms with Crippen molar-refractivity contribution < 1.29 is 4.84 Å². The van der Waals surface area contributed by atoms with Crippen LogP contribution in [0, 0.1) is 18.3 Å². The molecule has 0 aliphatic carbocycles. The average molecular weight is 188 g/mol. The van der Waals surface area contributed by atoms with Crippen LogP contribution in [0.1, 0.15) is 23.6 Å². The highest BCUT2D eigenvalue weighted by atomic mass is 16.6. The van der Waals surface area contributed by atoms with E-state index in [2.05, 4.69) is 11.2 Å². The van der Waals surface area contributed by atoms with E-state index in [4.69, 9.17) is 10.1 Å². The van der Waals surface area contributed by atoms with E-state index < -0.39 is 0 Å². The zero-order valence-corrected chi connectivity index (χ0v) is 8.53. The topological polar surface area (TPSA) is 45.4 Å². The molecular weight excluding hydrogens is 176 g/mol. The number of hydrogen-bond donors (Lipinski definition) is 0. The Labute approximate surface area is 83.6 Å². The molecule has 0 fully saturated rings. The summed E-state index contributed by atoms with van der Waals surface area (Å²) >= 11 is 0. The van der Waals surface area contributed by atoms with Crippen LogP contribution in [0.2, 0.25) is 0 Å². The average Bonchev–Trinajstić information content (AvgIpc) is 2.17. The quantitative estimate of drug-likeness (QED) is 0.527. The van der Waals surface area contributed by atoms with Gasteiger partial charge in [-0.1, -0.05) is 17.3 Å². The highest BCUT2D eigenvalue weighted by Gasteiger charge is 2.08. The normalized spacial score (nSPS) is 10.9. The lowest BCUT2D eigenvalue weighted by molar-refractivity contribution is 0.213. The summed E-state index contributed by atoms with van der Waals surface area (Å²) in [5, 5.41) is 12.7. The Balaban J connectivity index is 3.32. The van der Waals surface area contributed by atoms with Crippen LogP contribution in [-0.2, 0) is 4.84 Å². The smallest absolute Gasteiger partial charge is 0.106 e. The molecule has 0 heterocycles. The summed E-state index contributed by atoms with van der Waals surface area (Å²) in [4.78, 5) is 4.69. The summed E-state index contributed by atoms with van der Waals surface area (Å²) in [6.07, 6.45) is 0. The molecule has 1 aromatic rings. The monoisotopic (exact) mass is 188 g/mol. The number of rotatable bonds is 2. The lowest BCUT2D eigenvalue weighted by atomic mass is 9.99. The zero-order valence-electron chi connectivity index (χ0n) is 8.53. The van der Waals surface area contributed by atoms with Crippen LogP contribution in [0.5, 0.6) is 0 Å². The van der Waals surface area contributed by atoms with Crippen molar-refractivity contribution in [2.24, 2.45) is 5.16 Å². The van der Waals surface area contributed by atoms with Gasteiger partial charge in [0.15, 0.2) is 0 Å². The fraction of sp³-hybridized carbons (Fsp3) is 0.273. The highest BCUT2D eigenvalue weighted by Crippen LogP contribution is 2.14. The SMILES string of the molecule is CO/N=C(\C)c1c(C)cccc1C#N. The van der Waals surface area contributed by atoms with Crippen LogP contribution in [0.25, 0.3) is 0 Å². The van der Waals surface area contributed by atoms with E-state index in [1.807, 2.05) is 26.0 Å². The minimum Gasteiger partial charge on any atom is -0.399 e. The Hall–Kier alpha value is -1.82. The molecule has 0 aliphatic rings. The molecule has 0 spiro atoms. The van der Waals surface area contributed by atoms with Gasteiger partial charge >= 0.3 is 0 Å². The molecule has 0 aromatic heterocycles. The third-order valence-corrected chi connectivity index (χ3v) is 1.98. The minimum atomic E-state index is 0.628. The molecule has 0 saturated carbocycles. The Morgan fingerprint density at radius 2 is 2.21 bits per heavy atom. The summed E-state index contributed by atoms with van der Waals surface area (Å²) in [6.45, 7) is 3.78. The Morgan fingerprint density at radius 3 is 2.79 bits per heavy atom. The molecule has 0 saturated heterocycles. The van der Waals surface area contributed by atoms with Crippen molar-refractivity contribution in [2.75, 3.05) is 7.11 Å². The lowest BCUT2D eigenvalue weighted by Gasteiger charge is -2.06. The van der Waals surface area contributed by atoms with Gasteiger partial charge in [0.25, 0.3) is 0 Å². The number of oxime groups is 1. The maximum absolute atomic E-state index is 8.91. The molecular formula is C11H12N2O. The molecule has 0 aliphatic heterocycles. The zero-order chi connectivity index (χ0) is 10.6. The van der Waals surface area contributed by atoms with Crippen LogP contribution in [-0.4, -0.2) is 12.8 Å². The van der Waals surface area contributed by atoms with Gasteiger partial charge in [-0.15, -0.1) is 0 Å².